The van der Waals surface area contributed by atoms with E-state index in [1.54, 1.807) is 12.3 Å². The summed E-state index contributed by atoms with van der Waals surface area (Å²) >= 11 is 0. The maximum atomic E-state index is 2.43. The molecule has 1 fully saturated rings. The van der Waals surface area contributed by atoms with Crippen LogP contribution in [0.4, 0.5) is 0 Å². The van der Waals surface area contributed by atoms with Gasteiger partial charge < -0.3 is 0 Å². The molecule has 1 aliphatic heterocycles. The van der Waals surface area contributed by atoms with Crippen molar-refractivity contribution in [1.29, 1.82) is 0 Å². The van der Waals surface area contributed by atoms with Crippen LogP contribution in [0, 0.1) is 0 Å². The normalized spacial score (nSPS) is 25.1. The van der Waals surface area contributed by atoms with Gasteiger partial charge in [-0.1, -0.05) is 19.3 Å². The summed E-state index contributed by atoms with van der Waals surface area (Å²) < 4.78 is 0. The van der Waals surface area contributed by atoms with Crippen molar-refractivity contribution < 1.29 is 0 Å². The molecule has 0 aromatic rings. The lowest BCUT2D eigenvalue weighted by Gasteiger charge is -2.16. The molecule has 1 aliphatic rings. The average Bonchev–Trinajstić information content (AvgIpc) is 1.69. The Kier molecular flexibility index (Phi) is 2.19. The summed E-state index contributed by atoms with van der Waals surface area (Å²) in [5, 5.41) is 0. The first-order chi connectivity index (χ1) is 3.39. The van der Waals surface area contributed by atoms with E-state index in [1.807, 2.05) is 0 Å². The molecule has 1 rings (SSSR count). The standard InChI is InChI=1S/C5H12BP/c6-7-4-2-1-3-5-7/h1-6H2. The van der Waals surface area contributed by atoms with E-state index in [0.717, 1.165) is 0 Å². The van der Waals surface area contributed by atoms with Crippen LogP contribution in [0.2, 0.25) is 0 Å². The van der Waals surface area contributed by atoms with Crippen molar-refractivity contribution in [1.82, 2.24) is 0 Å². The van der Waals surface area contributed by atoms with E-state index >= 15 is 0 Å². The van der Waals surface area contributed by atoms with Crippen molar-refractivity contribution in [2.75, 3.05) is 12.3 Å². The maximum absolute atomic E-state index is 2.43. The predicted molar refractivity (Wildman–Crippen MR) is 39.0 cm³/mol. The molecule has 0 nitrogen and oxygen atoms in total. The summed E-state index contributed by atoms with van der Waals surface area (Å²) in [6.45, 7) is 0. The van der Waals surface area contributed by atoms with Gasteiger partial charge in [0, 0.05) is 0 Å². The molecule has 0 aromatic carbocycles. The second-order valence-electron chi connectivity index (χ2n) is 2.36. The minimum Gasteiger partial charge on any atom is -0.149 e. The molecule has 1 saturated heterocycles. The van der Waals surface area contributed by atoms with E-state index in [2.05, 4.69) is 7.57 Å². The zero-order valence-electron chi connectivity index (χ0n) is 4.98. The largest absolute Gasteiger partial charge is 0.149 e. The SMILES string of the molecule is BP1CCCCC1. The summed E-state index contributed by atoms with van der Waals surface area (Å²) in [5.41, 5.74) is 0. The van der Waals surface area contributed by atoms with Crippen molar-refractivity contribution in [2.24, 2.45) is 0 Å². The predicted octanol–water partition coefficient (Wildman–Crippen LogP) is 1.20. The molecule has 2 heteroatoms. The van der Waals surface area contributed by atoms with Crippen LogP contribution in [-0.2, 0) is 0 Å². The fourth-order valence-corrected chi connectivity index (χ4v) is 2.80. The molecule has 0 spiro atoms. The maximum Gasteiger partial charge on any atom is 0.134 e. The number of rotatable bonds is 0. The van der Waals surface area contributed by atoms with Crippen molar-refractivity contribution >= 4 is 15.4 Å². The highest BCUT2D eigenvalue weighted by atomic mass is 31.1. The third-order valence-corrected chi connectivity index (χ3v) is 3.74. The van der Waals surface area contributed by atoms with Crippen LogP contribution in [0.25, 0.3) is 0 Å². The third-order valence-electron chi connectivity index (χ3n) is 1.58. The van der Waals surface area contributed by atoms with Gasteiger partial charge in [0.15, 0.2) is 0 Å². The molecule has 40 valence electrons. The fourth-order valence-electron chi connectivity index (χ4n) is 1.05. The lowest BCUT2D eigenvalue weighted by molar-refractivity contribution is 0.757. The number of hydrogen-bond donors (Lipinski definition) is 0. The van der Waals surface area contributed by atoms with E-state index in [0.29, 0.717) is 7.80 Å². The third kappa shape index (κ3) is 1.82. The van der Waals surface area contributed by atoms with Gasteiger partial charge in [0.2, 0.25) is 0 Å². The number of hydrogen-bond acceptors (Lipinski definition) is 0. The Morgan fingerprint density at radius 1 is 1.00 bits per heavy atom. The minimum absolute atomic E-state index is 0.508. The lowest BCUT2D eigenvalue weighted by Crippen LogP contribution is -1.97. The summed E-state index contributed by atoms with van der Waals surface area (Å²) in [6.07, 6.45) is 7.64. The molecule has 0 saturated carbocycles. The second-order valence-corrected chi connectivity index (χ2v) is 4.97. The first kappa shape index (κ1) is 5.63. The van der Waals surface area contributed by atoms with Gasteiger partial charge in [0.1, 0.15) is 7.57 Å². The van der Waals surface area contributed by atoms with Gasteiger partial charge in [0.25, 0.3) is 0 Å². The summed E-state index contributed by atoms with van der Waals surface area (Å²) in [6, 6.07) is 0. The van der Waals surface area contributed by atoms with E-state index < -0.39 is 0 Å². The fraction of sp³-hybridized carbons (Fsp3) is 1.00. The highest BCUT2D eigenvalue weighted by molar-refractivity contribution is 7.82. The molecule has 0 amide bonds. The first-order valence-electron chi connectivity index (χ1n) is 3.08. The van der Waals surface area contributed by atoms with Crippen molar-refractivity contribution in [3.8, 4) is 0 Å². The van der Waals surface area contributed by atoms with Crippen molar-refractivity contribution in [3.63, 3.8) is 0 Å². The van der Waals surface area contributed by atoms with Gasteiger partial charge in [-0.25, -0.2) is 0 Å². The summed E-state index contributed by atoms with van der Waals surface area (Å²) in [5.74, 6) is 0. The van der Waals surface area contributed by atoms with E-state index in [-0.39, 0.29) is 0 Å². The zero-order chi connectivity index (χ0) is 5.11. The molecule has 0 aromatic heterocycles. The highest BCUT2D eigenvalue weighted by Gasteiger charge is 2.04. The minimum atomic E-state index is 0.508. The molecule has 7 heavy (non-hydrogen) atoms. The van der Waals surface area contributed by atoms with Gasteiger partial charge in [-0.3, -0.25) is 0 Å². The Labute approximate surface area is 47.8 Å². The molecular formula is C5H12BP. The van der Waals surface area contributed by atoms with Gasteiger partial charge in [-0.15, -0.1) is 7.80 Å². The van der Waals surface area contributed by atoms with Crippen LogP contribution >= 0.6 is 7.80 Å². The summed E-state index contributed by atoms with van der Waals surface area (Å²) in [4.78, 5) is 0. The summed E-state index contributed by atoms with van der Waals surface area (Å²) in [7, 11) is 2.93. The van der Waals surface area contributed by atoms with Crippen LogP contribution in [-0.4, -0.2) is 19.9 Å². The van der Waals surface area contributed by atoms with Crippen molar-refractivity contribution in [2.45, 2.75) is 19.3 Å². The molecule has 0 unspecified atom stereocenters. The highest BCUT2D eigenvalue weighted by Crippen LogP contribution is 2.35. The van der Waals surface area contributed by atoms with Gasteiger partial charge in [-0.05, 0) is 12.3 Å². The molecule has 0 N–H and O–H groups in total. The van der Waals surface area contributed by atoms with Crippen molar-refractivity contribution in [3.05, 3.63) is 0 Å². The van der Waals surface area contributed by atoms with Gasteiger partial charge in [0.05, 0.1) is 0 Å². The van der Waals surface area contributed by atoms with Gasteiger partial charge >= 0.3 is 0 Å². The topological polar surface area (TPSA) is 0 Å². The molecule has 0 aliphatic carbocycles. The van der Waals surface area contributed by atoms with Crippen LogP contribution in [0.1, 0.15) is 19.3 Å². The molecule has 0 atom stereocenters. The van der Waals surface area contributed by atoms with Crippen LogP contribution in [0.15, 0.2) is 0 Å². The Hall–Kier alpha value is 0.495. The molecule has 1 heterocycles. The smallest absolute Gasteiger partial charge is 0.134 e. The van der Waals surface area contributed by atoms with E-state index in [9.17, 15) is 0 Å². The molecular weight excluding hydrogens is 102 g/mol. The van der Waals surface area contributed by atoms with Gasteiger partial charge in [-0.2, -0.15) is 0 Å². The quantitative estimate of drug-likeness (QED) is 0.328. The Morgan fingerprint density at radius 2 is 1.57 bits per heavy atom. The Morgan fingerprint density at radius 3 is 1.86 bits per heavy atom. The van der Waals surface area contributed by atoms with Crippen LogP contribution in [0.5, 0.6) is 0 Å². The van der Waals surface area contributed by atoms with Crippen LogP contribution < -0.4 is 0 Å². The monoisotopic (exact) mass is 114 g/mol. The second kappa shape index (κ2) is 2.72. The molecule has 0 radical (unpaired) electrons. The lowest BCUT2D eigenvalue weighted by atomic mass is 10.3. The molecule has 0 bridgehead atoms. The Bertz CT molecular complexity index is 50.0. The van der Waals surface area contributed by atoms with E-state index in [4.69, 9.17) is 0 Å². The first-order valence-corrected chi connectivity index (χ1v) is 5.24. The zero-order valence-corrected chi connectivity index (χ0v) is 5.88. The average molecular weight is 114 g/mol. The van der Waals surface area contributed by atoms with E-state index in [1.165, 1.54) is 19.3 Å². The Balaban J connectivity index is 2.12. The van der Waals surface area contributed by atoms with Crippen LogP contribution in [0.3, 0.4) is 0 Å².